The Bertz CT molecular complexity index is 336. The van der Waals surface area contributed by atoms with E-state index in [-0.39, 0.29) is 5.54 Å². The predicted octanol–water partition coefficient (Wildman–Crippen LogP) is 1.29. The van der Waals surface area contributed by atoms with E-state index in [1.165, 1.54) is 0 Å². The first kappa shape index (κ1) is 8.38. The normalized spacial score (nSPS) is 19.2. The molecule has 1 heterocycles. The zero-order valence-electron chi connectivity index (χ0n) is 7.70. The van der Waals surface area contributed by atoms with Gasteiger partial charge in [-0.25, -0.2) is 9.97 Å². The summed E-state index contributed by atoms with van der Waals surface area (Å²) in [7, 11) is 0. The van der Waals surface area contributed by atoms with Gasteiger partial charge in [0.2, 0.25) is 0 Å². The molecule has 0 saturated carbocycles. The van der Waals surface area contributed by atoms with E-state index in [0.717, 1.165) is 24.2 Å². The number of rotatable bonds is 1. The van der Waals surface area contributed by atoms with Gasteiger partial charge in [0.1, 0.15) is 6.33 Å². The number of nitrogens with zero attached hydrogens (tertiary/aromatic N) is 2. The number of aryl methyl sites for hydroxylation is 1. The van der Waals surface area contributed by atoms with Crippen molar-refractivity contribution < 1.29 is 0 Å². The molecular weight excluding hydrogens is 162 g/mol. The van der Waals surface area contributed by atoms with E-state index in [9.17, 15) is 0 Å². The molecule has 0 bridgehead atoms. The first-order valence-electron chi connectivity index (χ1n) is 4.44. The fraction of sp³-hybridized carbons (Fsp3) is 0.400. The molecule has 3 nitrogen and oxygen atoms in total. The summed E-state index contributed by atoms with van der Waals surface area (Å²) < 4.78 is 0. The molecule has 0 saturated heterocycles. The molecule has 0 aliphatic heterocycles. The van der Waals surface area contributed by atoms with Gasteiger partial charge >= 0.3 is 0 Å². The monoisotopic (exact) mass is 175 g/mol. The number of nitrogens with two attached hydrogens (primary N) is 1. The average Bonchev–Trinajstić information content (AvgIpc) is 2.54. The first-order chi connectivity index (χ1) is 6.21. The second kappa shape index (κ2) is 2.92. The Kier molecular flexibility index (Phi) is 1.88. The minimum absolute atomic E-state index is 0.284. The van der Waals surface area contributed by atoms with Crippen LogP contribution in [0.15, 0.2) is 24.5 Å². The van der Waals surface area contributed by atoms with Gasteiger partial charge in [-0.1, -0.05) is 12.2 Å². The fourth-order valence-corrected chi connectivity index (χ4v) is 1.61. The number of hydrogen-bond donors (Lipinski definition) is 1. The van der Waals surface area contributed by atoms with E-state index in [0.29, 0.717) is 0 Å². The van der Waals surface area contributed by atoms with Crippen LogP contribution in [-0.2, 0) is 5.54 Å². The number of aromatic nitrogens is 2. The molecule has 0 atom stereocenters. The fourth-order valence-electron chi connectivity index (χ4n) is 1.61. The van der Waals surface area contributed by atoms with Crippen molar-refractivity contribution in [3.8, 4) is 0 Å². The van der Waals surface area contributed by atoms with Crippen molar-refractivity contribution in [2.45, 2.75) is 25.3 Å². The van der Waals surface area contributed by atoms with E-state index in [4.69, 9.17) is 5.73 Å². The van der Waals surface area contributed by atoms with E-state index in [1.807, 2.05) is 13.0 Å². The van der Waals surface area contributed by atoms with E-state index in [2.05, 4.69) is 22.1 Å². The summed E-state index contributed by atoms with van der Waals surface area (Å²) in [4.78, 5) is 8.27. The van der Waals surface area contributed by atoms with Gasteiger partial charge in [-0.2, -0.15) is 0 Å². The van der Waals surface area contributed by atoms with E-state index >= 15 is 0 Å². The van der Waals surface area contributed by atoms with Crippen molar-refractivity contribution in [2.24, 2.45) is 5.73 Å². The van der Waals surface area contributed by atoms with Crippen LogP contribution in [0.4, 0.5) is 0 Å². The van der Waals surface area contributed by atoms with Crippen molar-refractivity contribution in [3.63, 3.8) is 0 Å². The Morgan fingerprint density at radius 1 is 1.31 bits per heavy atom. The molecule has 0 unspecified atom stereocenters. The third-order valence-electron chi connectivity index (χ3n) is 2.44. The van der Waals surface area contributed by atoms with Crippen molar-refractivity contribution in [3.05, 3.63) is 35.9 Å². The molecule has 1 aromatic heterocycles. The lowest BCUT2D eigenvalue weighted by atomic mass is 9.93. The third-order valence-corrected chi connectivity index (χ3v) is 2.44. The van der Waals surface area contributed by atoms with Crippen molar-refractivity contribution in [2.75, 3.05) is 0 Å². The van der Waals surface area contributed by atoms with E-state index in [1.54, 1.807) is 6.33 Å². The summed E-state index contributed by atoms with van der Waals surface area (Å²) in [5.41, 5.74) is 7.84. The van der Waals surface area contributed by atoms with Crippen LogP contribution in [0.3, 0.4) is 0 Å². The highest BCUT2D eigenvalue weighted by Gasteiger charge is 2.29. The third kappa shape index (κ3) is 1.47. The molecule has 1 aliphatic rings. The van der Waals surface area contributed by atoms with Gasteiger partial charge in [0.15, 0.2) is 0 Å². The molecule has 0 spiro atoms. The summed E-state index contributed by atoms with van der Waals surface area (Å²) in [6.45, 7) is 1.96. The van der Waals surface area contributed by atoms with Gasteiger partial charge < -0.3 is 5.73 Å². The lowest BCUT2D eigenvalue weighted by molar-refractivity contribution is 0.463. The highest BCUT2D eigenvalue weighted by Crippen LogP contribution is 2.30. The maximum absolute atomic E-state index is 6.20. The van der Waals surface area contributed by atoms with Gasteiger partial charge in [-0.05, 0) is 25.8 Å². The van der Waals surface area contributed by atoms with Crippen molar-refractivity contribution >= 4 is 0 Å². The first-order valence-corrected chi connectivity index (χ1v) is 4.44. The van der Waals surface area contributed by atoms with Crippen LogP contribution in [0.1, 0.15) is 24.2 Å². The standard InChI is InChI=1S/C10H13N3/c1-8-6-9(13-7-12-8)10(11)4-2-3-5-10/h2-3,6-7H,4-5,11H2,1H3. The van der Waals surface area contributed by atoms with Gasteiger partial charge in [-0.15, -0.1) is 0 Å². The van der Waals surface area contributed by atoms with Gasteiger partial charge in [-0.3, -0.25) is 0 Å². The summed E-state index contributed by atoms with van der Waals surface area (Å²) in [6.07, 6.45) is 7.55. The summed E-state index contributed by atoms with van der Waals surface area (Å²) in [5.74, 6) is 0. The SMILES string of the molecule is Cc1cc(C2(N)CC=CC2)ncn1. The summed E-state index contributed by atoms with van der Waals surface area (Å²) >= 11 is 0. The molecule has 1 aliphatic carbocycles. The smallest absolute Gasteiger partial charge is 0.116 e. The molecule has 0 amide bonds. The topological polar surface area (TPSA) is 51.8 Å². The zero-order valence-corrected chi connectivity index (χ0v) is 7.70. The Morgan fingerprint density at radius 2 is 2.00 bits per heavy atom. The molecule has 0 aromatic carbocycles. The number of hydrogen-bond acceptors (Lipinski definition) is 3. The van der Waals surface area contributed by atoms with Crippen LogP contribution < -0.4 is 5.73 Å². The van der Waals surface area contributed by atoms with Crippen molar-refractivity contribution in [1.29, 1.82) is 0 Å². The van der Waals surface area contributed by atoms with Crippen LogP contribution >= 0.6 is 0 Å². The van der Waals surface area contributed by atoms with Gasteiger partial charge in [0.05, 0.1) is 11.2 Å². The second-order valence-corrected chi connectivity index (χ2v) is 3.58. The molecule has 0 fully saturated rings. The average molecular weight is 175 g/mol. The Balaban J connectivity index is 2.35. The van der Waals surface area contributed by atoms with Crippen LogP contribution in [-0.4, -0.2) is 9.97 Å². The Hall–Kier alpha value is -1.22. The largest absolute Gasteiger partial charge is 0.320 e. The highest BCUT2D eigenvalue weighted by atomic mass is 14.9. The zero-order chi connectivity index (χ0) is 9.31. The Morgan fingerprint density at radius 3 is 2.62 bits per heavy atom. The molecule has 0 radical (unpaired) electrons. The highest BCUT2D eigenvalue weighted by molar-refractivity contribution is 5.22. The Labute approximate surface area is 77.7 Å². The minimum Gasteiger partial charge on any atom is -0.320 e. The maximum atomic E-state index is 6.20. The van der Waals surface area contributed by atoms with E-state index < -0.39 is 0 Å². The second-order valence-electron chi connectivity index (χ2n) is 3.58. The molecule has 2 N–H and O–H groups in total. The van der Waals surface area contributed by atoms with Crippen LogP contribution in [0, 0.1) is 6.92 Å². The van der Waals surface area contributed by atoms with Crippen LogP contribution in [0.5, 0.6) is 0 Å². The summed E-state index contributed by atoms with van der Waals surface area (Å²) in [5, 5.41) is 0. The molecular formula is C10H13N3. The molecule has 13 heavy (non-hydrogen) atoms. The maximum Gasteiger partial charge on any atom is 0.116 e. The minimum atomic E-state index is -0.284. The quantitative estimate of drug-likeness (QED) is 0.654. The van der Waals surface area contributed by atoms with Gasteiger partial charge in [0, 0.05) is 5.69 Å². The molecule has 1 aromatic rings. The molecule has 2 rings (SSSR count). The molecule has 3 heteroatoms. The lowest BCUT2D eigenvalue weighted by Gasteiger charge is -2.22. The van der Waals surface area contributed by atoms with Crippen LogP contribution in [0.2, 0.25) is 0 Å². The molecule has 68 valence electrons. The lowest BCUT2D eigenvalue weighted by Crippen LogP contribution is -2.34. The van der Waals surface area contributed by atoms with Crippen LogP contribution in [0.25, 0.3) is 0 Å². The van der Waals surface area contributed by atoms with Crippen molar-refractivity contribution in [1.82, 2.24) is 9.97 Å². The predicted molar refractivity (Wildman–Crippen MR) is 51.0 cm³/mol. The summed E-state index contributed by atoms with van der Waals surface area (Å²) in [6, 6.07) is 1.97. The van der Waals surface area contributed by atoms with Gasteiger partial charge in [0.25, 0.3) is 0 Å².